The van der Waals surface area contributed by atoms with Gasteiger partial charge in [-0.2, -0.15) is 0 Å². The van der Waals surface area contributed by atoms with E-state index >= 15 is 0 Å². The molecule has 1 atom stereocenters. The topological polar surface area (TPSA) is 47.6 Å². The highest BCUT2D eigenvalue weighted by atomic mass is 35.5. The average molecular weight is 354 g/mol. The van der Waals surface area contributed by atoms with Crippen LogP contribution in [0.3, 0.4) is 0 Å². The van der Waals surface area contributed by atoms with Crippen LogP contribution < -0.4 is 14.8 Å². The molecule has 0 aliphatic carbocycles. The lowest BCUT2D eigenvalue weighted by Gasteiger charge is -2.17. The summed E-state index contributed by atoms with van der Waals surface area (Å²) in [6, 6.07) is 12.0. The van der Waals surface area contributed by atoms with Crippen LogP contribution in [-0.4, -0.2) is 19.1 Å². The van der Waals surface area contributed by atoms with Crippen molar-refractivity contribution in [1.82, 2.24) is 0 Å². The molecule has 2 rings (SSSR count). The predicted octanol–water partition coefficient (Wildman–Crippen LogP) is 4.80. The van der Waals surface area contributed by atoms with Gasteiger partial charge >= 0.3 is 0 Å². The van der Waals surface area contributed by atoms with Gasteiger partial charge in [-0.15, -0.1) is 0 Å². The van der Waals surface area contributed by atoms with Crippen LogP contribution in [0.25, 0.3) is 0 Å². The van der Waals surface area contributed by atoms with Crippen molar-refractivity contribution in [2.75, 3.05) is 12.4 Å². The van der Waals surface area contributed by atoms with Crippen molar-refractivity contribution < 1.29 is 14.3 Å². The molecule has 4 nitrogen and oxygen atoms in total. The first-order chi connectivity index (χ1) is 11.0. The maximum Gasteiger partial charge on any atom is 0.265 e. The molecule has 0 fully saturated rings. The highest BCUT2D eigenvalue weighted by Gasteiger charge is 2.19. The summed E-state index contributed by atoms with van der Waals surface area (Å²) in [5.41, 5.74) is 0.578. The zero-order valence-corrected chi connectivity index (χ0v) is 14.3. The van der Waals surface area contributed by atoms with Gasteiger partial charge in [0.15, 0.2) is 6.10 Å². The second-order valence-corrected chi connectivity index (χ2v) is 5.65. The van der Waals surface area contributed by atoms with E-state index in [4.69, 9.17) is 32.7 Å². The molecule has 0 saturated carbocycles. The van der Waals surface area contributed by atoms with Crippen LogP contribution >= 0.6 is 23.2 Å². The first-order valence-corrected chi connectivity index (χ1v) is 7.85. The first kappa shape index (κ1) is 17.4. The van der Waals surface area contributed by atoms with Crippen LogP contribution in [0.4, 0.5) is 5.69 Å². The zero-order chi connectivity index (χ0) is 16.8. The Morgan fingerprint density at radius 3 is 2.61 bits per heavy atom. The van der Waals surface area contributed by atoms with E-state index in [1.54, 1.807) is 42.5 Å². The Kier molecular flexibility index (Phi) is 6.13. The lowest BCUT2D eigenvalue weighted by atomic mass is 10.2. The van der Waals surface area contributed by atoms with Crippen LogP contribution in [0, 0.1) is 0 Å². The van der Waals surface area contributed by atoms with E-state index in [0.29, 0.717) is 33.7 Å². The van der Waals surface area contributed by atoms with E-state index < -0.39 is 6.10 Å². The van der Waals surface area contributed by atoms with E-state index in [1.165, 1.54) is 7.11 Å². The molecule has 1 amide bonds. The zero-order valence-electron chi connectivity index (χ0n) is 12.8. The molecule has 0 radical (unpaired) electrons. The average Bonchev–Trinajstić information content (AvgIpc) is 2.52. The Morgan fingerprint density at radius 1 is 1.22 bits per heavy atom. The number of carbonyl (C=O) groups excluding carboxylic acids is 1. The quantitative estimate of drug-likeness (QED) is 0.811. The highest BCUT2D eigenvalue weighted by molar-refractivity contribution is 6.32. The minimum atomic E-state index is -0.630. The smallest absolute Gasteiger partial charge is 0.265 e. The molecule has 0 aliphatic rings. The standard InChI is InChI=1S/C17H17Cl2NO3/c1-3-15(23-13-6-4-5-11(18)9-13)17(21)20-12-7-8-16(22-2)14(19)10-12/h4-10,15H,3H2,1-2H3,(H,20,21)/t15-/m1/s1. The Bertz CT molecular complexity index is 691. The fourth-order valence-electron chi connectivity index (χ4n) is 1.99. The van der Waals surface area contributed by atoms with Crippen molar-refractivity contribution in [3.63, 3.8) is 0 Å². The lowest BCUT2D eigenvalue weighted by Crippen LogP contribution is -2.32. The van der Waals surface area contributed by atoms with Gasteiger partial charge in [-0.1, -0.05) is 36.2 Å². The Hall–Kier alpha value is -1.91. The monoisotopic (exact) mass is 353 g/mol. The summed E-state index contributed by atoms with van der Waals surface area (Å²) in [4.78, 5) is 12.4. The molecule has 0 spiro atoms. The molecule has 122 valence electrons. The molecular formula is C17H17Cl2NO3. The number of nitrogens with one attached hydrogen (secondary N) is 1. The van der Waals surface area contributed by atoms with E-state index in [0.717, 1.165) is 0 Å². The number of hydrogen-bond acceptors (Lipinski definition) is 3. The lowest BCUT2D eigenvalue weighted by molar-refractivity contribution is -0.122. The molecule has 23 heavy (non-hydrogen) atoms. The molecule has 0 aromatic heterocycles. The van der Waals surface area contributed by atoms with E-state index in [1.807, 2.05) is 6.92 Å². The molecular weight excluding hydrogens is 337 g/mol. The molecule has 6 heteroatoms. The number of methoxy groups -OCH3 is 1. The second kappa shape index (κ2) is 8.09. The van der Waals surface area contributed by atoms with Gasteiger partial charge in [-0.05, 0) is 42.8 Å². The minimum absolute atomic E-state index is 0.256. The molecule has 0 heterocycles. The molecule has 0 saturated heterocycles. The largest absolute Gasteiger partial charge is 0.495 e. The predicted molar refractivity (Wildman–Crippen MR) is 92.8 cm³/mol. The van der Waals surface area contributed by atoms with Crippen molar-refractivity contribution in [3.8, 4) is 11.5 Å². The molecule has 0 aliphatic heterocycles. The van der Waals surface area contributed by atoms with Crippen molar-refractivity contribution in [2.45, 2.75) is 19.4 Å². The number of rotatable bonds is 6. The normalized spacial score (nSPS) is 11.7. The van der Waals surface area contributed by atoms with Crippen molar-refractivity contribution in [3.05, 3.63) is 52.5 Å². The summed E-state index contributed by atoms with van der Waals surface area (Å²) in [5.74, 6) is 0.841. The summed E-state index contributed by atoms with van der Waals surface area (Å²) in [5, 5.41) is 3.76. The van der Waals surface area contributed by atoms with Gasteiger partial charge in [0.25, 0.3) is 5.91 Å². The van der Waals surface area contributed by atoms with E-state index in [9.17, 15) is 4.79 Å². The Balaban J connectivity index is 2.06. The third kappa shape index (κ3) is 4.78. The Labute approximate surface area is 145 Å². The summed E-state index contributed by atoms with van der Waals surface area (Å²) < 4.78 is 10.8. The number of hydrogen-bond donors (Lipinski definition) is 1. The van der Waals surface area contributed by atoms with Crippen molar-refractivity contribution >= 4 is 34.8 Å². The highest BCUT2D eigenvalue weighted by Crippen LogP contribution is 2.27. The van der Waals surface area contributed by atoms with Gasteiger partial charge in [-0.3, -0.25) is 4.79 Å². The van der Waals surface area contributed by atoms with E-state index in [-0.39, 0.29) is 5.91 Å². The van der Waals surface area contributed by atoms with Crippen LogP contribution in [-0.2, 0) is 4.79 Å². The summed E-state index contributed by atoms with van der Waals surface area (Å²) in [7, 11) is 1.53. The number of ether oxygens (including phenoxy) is 2. The molecule has 0 unspecified atom stereocenters. The fraction of sp³-hybridized carbons (Fsp3) is 0.235. The van der Waals surface area contributed by atoms with Gasteiger partial charge in [0.05, 0.1) is 12.1 Å². The van der Waals surface area contributed by atoms with Crippen molar-refractivity contribution in [2.24, 2.45) is 0 Å². The number of halogens is 2. The first-order valence-electron chi connectivity index (χ1n) is 7.10. The third-order valence-corrected chi connectivity index (χ3v) is 3.69. The van der Waals surface area contributed by atoms with Gasteiger partial charge in [-0.25, -0.2) is 0 Å². The second-order valence-electron chi connectivity index (χ2n) is 4.81. The fourth-order valence-corrected chi connectivity index (χ4v) is 2.43. The molecule has 2 aromatic carbocycles. The van der Waals surface area contributed by atoms with Crippen LogP contribution in [0.5, 0.6) is 11.5 Å². The van der Waals surface area contributed by atoms with Crippen LogP contribution in [0.2, 0.25) is 10.0 Å². The van der Waals surface area contributed by atoms with Crippen LogP contribution in [0.1, 0.15) is 13.3 Å². The van der Waals surface area contributed by atoms with E-state index in [2.05, 4.69) is 5.32 Å². The van der Waals surface area contributed by atoms with Gasteiger partial charge in [0.1, 0.15) is 11.5 Å². The molecule has 0 bridgehead atoms. The number of anilines is 1. The van der Waals surface area contributed by atoms with Gasteiger partial charge in [0, 0.05) is 10.7 Å². The molecule has 2 aromatic rings. The van der Waals surface area contributed by atoms with Gasteiger partial charge < -0.3 is 14.8 Å². The minimum Gasteiger partial charge on any atom is -0.495 e. The van der Waals surface area contributed by atoms with Gasteiger partial charge in [0.2, 0.25) is 0 Å². The summed E-state index contributed by atoms with van der Waals surface area (Å²) in [6.45, 7) is 1.87. The maximum absolute atomic E-state index is 12.4. The number of amides is 1. The Morgan fingerprint density at radius 2 is 2.00 bits per heavy atom. The molecule has 1 N–H and O–H groups in total. The summed E-state index contributed by atoms with van der Waals surface area (Å²) in [6.07, 6.45) is -0.114. The number of carbonyl (C=O) groups is 1. The SMILES string of the molecule is CC[C@@H](Oc1cccc(Cl)c1)C(=O)Nc1ccc(OC)c(Cl)c1. The van der Waals surface area contributed by atoms with Crippen LogP contribution in [0.15, 0.2) is 42.5 Å². The third-order valence-electron chi connectivity index (χ3n) is 3.16. The number of benzene rings is 2. The summed E-state index contributed by atoms with van der Waals surface area (Å²) >= 11 is 12.0. The van der Waals surface area contributed by atoms with Crippen molar-refractivity contribution in [1.29, 1.82) is 0 Å². The maximum atomic E-state index is 12.4.